The number of anilines is 1. The van der Waals surface area contributed by atoms with Crippen molar-refractivity contribution < 1.29 is 38.3 Å². The molecular formula is C13H19N6O8PS. The fraction of sp³-hybridized carbons (Fsp3) is 0.538. The lowest BCUT2D eigenvalue weighted by Crippen LogP contribution is -2.35. The predicted octanol–water partition coefficient (Wildman–Crippen LogP) is -2.05. The van der Waals surface area contributed by atoms with Gasteiger partial charge in [-0.25, -0.2) is 24.3 Å². The number of carbonyl (C=O) groups excluding carboxylic acids is 1. The van der Waals surface area contributed by atoms with Crippen LogP contribution in [-0.2, 0) is 23.1 Å². The van der Waals surface area contributed by atoms with E-state index in [1.54, 1.807) is 0 Å². The number of carbonyl (C=O) groups is 1. The Labute approximate surface area is 168 Å². The van der Waals surface area contributed by atoms with Gasteiger partial charge in [0, 0.05) is 5.75 Å². The van der Waals surface area contributed by atoms with Crippen LogP contribution in [0, 0.1) is 0 Å². The monoisotopic (exact) mass is 450 g/mol. The van der Waals surface area contributed by atoms with Gasteiger partial charge in [0.05, 0.1) is 12.9 Å². The van der Waals surface area contributed by atoms with Crippen LogP contribution in [-0.4, -0.2) is 77.3 Å². The molecule has 6 atom stereocenters. The van der Waals surface area contributed by atoms with Crippen molar-refractivity contribution >= 4 is 43.4 Å². The van der Waals surface area contributed by atoms with E-state index in [1.165, 1.54) is 17.2 Å². The number of nitrogens with two attached hydrogens (primary N) is 2. The number of phosphoric acid groups is 1. The third kappa shape index (κ3) is 4.51. The van der Waals surface area contributed by atoms with Crippen molar-refractivity contribution in [2.75, 3.05) is 18.1 Å². The lowest BCUT2D eigenvalue weighted by Gasteiger charge is -2.18. The molecule has 0 spiro atoms. The minimum atomic E-state index is -4.83. The van der Waals surface area contributed by atoms with Crippen molar-refractivity contribution in [3.63, 3.8) is 0 Å². The van der Waals surface area contributed by atoms with E-state index in [2.05, 4.69) is 32.1 Å². The fourth-order valence-electron chi connectivity index (χ4n) is 2.60. The molecule has 0 bridgehead atoms. The number of phosphoric ester groups is 1. The number of thiol groups is 1. The third-order valence-electron chi connectivity index (χ3n) is 4.11. The Kier molecular flexibility index (Phi) is 6.40. The van der Waals surface area contributed by atoms with Crippen molar-refractivity contribution in [2.24, 2.45) is 5.73 Å². The molecule has 3 unspecified atom stereocenters. The van der Waals surface area contributed by atoms with Crippen molar-refractivity contribution in [3.8, 4) is 0 Å². The van der Waals surface area contributed by atoms with Crippen LogP contribution in [0.25, 0.3) is 11.2 Å². The summed E-state index contributed by atoms with van der Waals surface area (Å²) in [4.78, 5) is 33.0. The quantitative estimate of drug-likeness (QED) is 0.198. The van der Waals surface area contributed by atoms with Gasteiger partial charge in [0.1, 0.15) is 36.2 Å². The average Bonchev–Trinajstić information content (AvgIpc) is 3.22. The van der Waals surface area contributed by atoms with Gasteiger partial charge in [-0.05, 0) is 0 Å². The zero-order chi connectivity index (χ0) is 21.3. The Morgan fingerprint density at radius 3 is 2.79 bits per heavy atom. The molecule has 14 nitrogen and oxygen atoms in total. The topological polar surface area (TPSA) is 218 Å². The van der Waals surface area contributed by atoms with Crippen molar-refractivity contribution in [3.05, 3.63) is 12.7 Å². The van der Waals surface area contributed by atoms with Gasteiger partial charge in [0.25, 0.3) is 0 Å². The Balaban J connectivity index is 1.69. The van der Waals surface area contributed by atoms with Crippen LogP contribution in [0.5, 0.6) is 0 Å². The zero-order valence-electron chi connectivity index (χ0n) is 14.7. The van der Waals surface area contributed by atoms with Crippen molar-refractivity contribution in [1.82, 2.24) is 19.5 Å². The number of aromatic nitrogens is 4. The number of hydrogen-bond acceptors (Lipinski definition) is 13. The maximum Gasteiger partial charge on any atom is 0.529 e. The highest BCUT2D eigenvalue weighted by Crippen LogP contribution is 2.44. The predicted molar refractivity (Wildman–Crippen MR) is 99.4 cm³/mol. The molecule has 3 heterocycles. The second-order valence-corrected chi connectivity index (χ2v) is 7.84. The number of rotatable bonds is 7. The van der Waals surface area contributed by atoms with Crippen molar-refractivity contribution in [2.45, 2.75) is 30.6 Å². The number of aliphatic hydroxyl groups is 2. The number of ether oxygens (including phenoxy) is 1. The Hall–Kier alpha value is -1.84. The van der Waals surface area contributed by atoms with Gasteiger partial charge in [0.2, 0.25) is 0 Å². The van der Waals surface area contributed by atoms with Gasteiger partial charge in [0.15, 0.2) is 17.7 Å². The summed E-state index contributed by atoms with van der Waals surface area (Å²) in [5.41, 5.74) is 11.6. The molecule has 0 aromatic carbocycles. The standard InChI is InChI=1S/C13H19N6O8PS/c14-5(2-29)13(22)27-28(23,24)25-1-6-8(20)9(21)12(26-6)19-4-18-7-10(15)16-3-17-11(7)19/h3-6,8-9,12,20-21,29H,1-2,14H2,(H,23,24)(H2,15,16,17)/t5-,6+,8?,9?,12+/m0/s1. The molecule has 160 valence electrons. The molecule has 3 rings (SSSR count). The molecular weight excluding hydrogens is 431 g/mol. The average molecular weight is 450 g/mol. The highest BCUT2D eigenvalue weighted by molar-refractivity contribution is 7.80. The Morgan fingerprint density at radius 1 is 1.38 bits per heavy atom. The molecule has 1 saturated heterocycles. The first-order valence-electron chi connectivity index (χ1n) is 8.16. The fourth-order valence-corrected chi connectivity index (χ4v) is 3.50. The summed E-state index contributed by atoms with van der Waals surface area (Å²) in [6.45, 7) is -0.671. The SMILES string of the molecule is Nc1ncnc2c1ncn2[C@@H]1O[C@H](COP(=O)(O)OC(=O)[C@@H](N)CS)C(O)C1O. The number of hydrogen-bond donors (Lipinski definition) is 6. The molecule has 29 heavy (non-hydrogen) atoms. The van der Waals surface area contributed by atoms with Crippen LogP contribution in [0.4, 0.5) is 5.82 Å². The minimum Gasteiger partial charge on any atom is -0.387 e. The number of fused-ring (bicyclic) bond motifs is 1. The molecule has 2 aromatic rings. The number of nitrogens with zero attached hydrogens (tertiary/aromatic N) is 4. The highest BCUT2D eigenvalue weighted by atomic mass is 32.1. The zero-order valence-corrected chi connectivity index (χ0v) is 16.5. The van der Waals surface area contributed by atoms with E-state index in [4.69, 9.17) is 20.7 Å². The Morgan fingerprint density at radius 2 is 2.10 bits per heavy atom. The van der Waals surface area contributed by atoms with Crippen LogP contribution in [0.1, 0.15) is 6.23 Å². The first kappa shape index (κ1) is 21.9. The van der Waals surface area contributed by atoms with Gasteiger partial charge >= 0.3 is 13.8 Å². The van der Waals surface area contributed by atoms with E-state index in [-0.39, 0.29) is 22.7 Å². The second-order valence-electron chi connectivity index (χ2n) is 6.09. The van der Waals surface area contributed by atoms with Crippen LogP contribution < -0.4 is 11.5 Å². The van der Waals surface area contributed by atoms with E-state index >= 15 is 0 Å². The third-order valence-corrected chi connectivity index (χ3v) is 5.38. The molecule has 7 N–H and O–H groups in total. The minimum absolute atomic E-state index is 0.107. The highest BCUT2D eigenvalue weighted by Gasteiger charge is 2.45. The molecule has 1 aliphatic rings. The van der Waals surface area contributed by atoms with Crippen LogP contribution in [0.2, 0.25) is 0 Å². The first-order chi connectivity index (χ1) is 13.6. The summed E-state index contributed by atoms with van der Waals surface area (Å²) in [5.74, 6) is -1.17. The molecule has 0 amide bonds. The van der Waals surface area contributed by atoms with E-state index in [1.807, 2.05) is 0 Å². The van der Waals surface area contributed by atoms with E-state index < -0.39 is 51.0 Å². The lowest BCUT2D eigenvalue weighted by atomic mass is 10.1. The first-order valence-corrected chi connectivity index (χ1v) is 10.3. The molecule has 1 aliphatic heterocycles. The summed E-state index contributed by atoms with van der Waals surface area (Å²) in [5, 5.41) is 20.5. The molecule has 0 saturated carbocycles. The normalized spacial score (nSPS) is 27.6. The van der Waals surface area contributed by atoms with Crippen LogP contribution in [0.15, 0.2) is 12.7 Å². The van der Waals surface area contributed by atoms with E-state index in [9.17, 15) is 24.5 Å². The maximum absolute atomic E-state index is 11.9. The van der Waals surface area contributed by atoms with Gasteiger partial charge in [-0.2, -0.15) is 12.6 Å². The summed E-state index contributed by atoms with van der Waals surface area (Å²) in [6.07, 6.45) is -2.83. The lowest BCUT2D eigenvalue weighted by molar-refractivity contribution is -0.137. The maximum atomic E-state index is 11.9. The number of aliphatic hydroxyl groups excluding tert-OH is 2. The largest absolute Gasteiger partial charge is 0.529 e. The molecule has 2 aromatic heterocycles. The summed E-state index contributed by atoms with van der Waals surface area (Å²) >= 11 is 3.78. The number of imidazole rings is 1. The van der Waals surface area contributed by atoms with Gasteiger partial charge < -0.3 is 30.9 Å². The Bertz CT molecular complexity index is 945. The van der Waals surface area contributed by atoms with Crippen molar-refractivity contribution in [1.29, 1.82) is 0 Å². The smallest absolute Gasteiger partial charge is 0.387 e. The molecule has 1 fully saturated rings. The van der Waals surface area contributed by atoms with Gasteiger partial charge in [-0.1, -0.05) is 0 Å². The van der Waals surface area contributed by atoms with E-state index in [0.29, 0.717) is 0 Å². The molecule has 0 aliphatic carbocycles. The second kappa shape index (κ2) is 8.49. The summed E-state index contributed by atoms with van der Waals surface area (Å²) in [6, 6.07) is -1.22. The molecule has 0 radical (unpaired) electrons. The summed E-state index contributed by atoms with van der Waals surface area (Å²) in [7, 11) is -4.83. The van der Waals surface area contributed by atoms with Gasteiger partial charge in [-0.15, -0.1) is 0 Å². The van der Waals surface area contributed by atoms with Crippen LogP contribution >= 0.6 is 20.5 Å². The molecule has 16 heteroatoms. The number of nitrogen functional groups attached to an aromatic ring is 1. The van der Waals surface area contributed by atoms with Gasteiger partial charge in [-0.3, -0.25) is 14.0 Å². The van der Waals surface area contributed by atoms with E-state index in [0.717, 1.165) is 0 Å². The summed E-state index contributed by atoms with van der Waals surface area (Å²) < 4.78 is 27.7. The van der Waals surface area contributed by atoms with Crippen LogP contribution in [0.3, 0.4) is 0 Å².